The zero-order chi connectivity index (χ0) is 32.1. The molecule has 0 saturated heterocycles. The molecule has 47 heavy (non-hydrogen) atoms. The first-order valence-corrected chi connectivity index (χ1v) is 16.7. The van der Waals surface area contributed by atoms with Crippen LogP contribution in [0.15, 0.2) is 164 Å². The molecule has 3 aromatic carbocycles. The number of benzene rings is 3. The van der Waals surface area contributed by atoms with Crippen LogP contribution in [0.25, 0.3) is 28.2 Å². The Morgan fingerprint density at radius 2 is 1.45 bits per heavy atom. The van der Waals surface area contributed by atoms with E-state index in [0.29, 0.717) is 5.92 Å². The maximum Gasteiger partial charge on any atom is 0.0896 e. The normalized spacial score (nSPS) is 19.7. The molecule has 1 spiro atoms. The summed E-state index contributed by atoms with van der Waals surface area (Å²) in [6.07, 6.45) is 19.1. The monoisotopic (exact) mass is 611 g/mol. The standard InChI is InChI=1S/C27H27N.C17H14N2/c1-21-19-23(22-11-5-4-6-12-22)15-16-25(21)28-20-27(17-9-2-3-10-18-27)24-13-7-8-14-26(24)28;1-13-11-16(14-7-3-2-4-8-14)19-17(12-13)15-9-5-6-10-18-15/h2-9,11-17,21H,10,18-20H2,1H3;2-12H,1H3. The topological polar surface area (TPSA) is 29.0 Å². The molecular weight excluding hydrogens is 571 g/mol. The Bertz CT molecular complexity index is 1900. The Balaban J connectivity index is 0.000000161. The zero-order valence-electron chi connectivity index (χ0n) is 27.3. The lowest BCUT2D eigenvalue weighted by atomic mass is 9.78. The van der Waals surface area contributed by atoms with Gasteiger partial charge in [0.05, 0.1) is 17.1 Å². The second-order valence-electron chi connectivity index (χ2n) is 12.8. The number of hydrogen-bond donors (Lipinski definition) is 0. The van der Waals surface area contributed by atoms with Crippen molar-refractivity contribution in [1.29, 1.82) is 0 Å². The Morgan fingerprint density at radius 3 is 2.21 bits per heavy atom. The number of allylic oxidation sites excluding steroid dienone is 7. The van der Waals surface area contributed by atoms with Crippen molar-refractivity contribution in [1.82, 2.24) is 9.97 Å². The highest BCUT2D eigenvalue weighted by Crippen LogP contribution is 2.49. The molecule has 3 heteroatoms. The fraction of sp³-hybridized carbons (Fsp3) is 0.182. The van der Waals surface area contributed by atoms with Gasteiger partial charge in [0.2, 0.25) is 0 Å². The van der Waals surface area contributed by atoms with E-state index in [1.54, 1.807) is 6.20 Å². The highest BCUT2D eigenvalue weighted by atomic mass is 15.2. The van der Waals surface area contributed by atoms with Crippen LogP contribution >= 0.6 is 0 Å². The zero-order valence-corrected chi connectivity index (χ0v) is 27.3. The largest absolute Gasteiger partial charge is 0.343 e. The van der Waals surface area contributed by atoms with Gasteiger partial charge >= 0.3 is 0 Å². The molecule has 3 heterocycles. The number of anilines is 1. The number of fused-ring (bicyclic) bond motifs is 2. The fourth-order valence-corrected chi connectivity index (χ4v) is 7.15. The highest BCUT2D eigenvalue weighted by Gasteiger charge is 2.42. The van der Waals surface area contributed by atoms with E-state index in [4.69, 9.17) is 4.98 Å². The van der Waals surface area contributed by atoms with Crippen LogP contribution in [0.1, 0.15) is 42.9 Å². The van der Waals surface area contributed by atoms with Gasteiger partial charge in [-0.1, -0.05) is 122 Å². The minimum absolute atomic E-state index is 0.129. The summed E-state index contributed by atoms with van der Waals surface area (Å²) in [5.41, 5.74) is 12.4. The van der Waals surface area contributed by atoms with Crippen molar-refractivity contribution in [2.24, 2.45) is 5.92 Å². The van der Waals surface area contributed by atoms with E-state index in [2.05, 4.69) is 139 Å². The Hall–Kier alpha value is -5.28. The van der Waals surface area contributed by atoms with Crippen LogP contribution in [-0.4, -0.2) is 16.5 Å². The van der Waals surface area contributed by atoms with Gasteiger partial charge in [0.1, 0.15) is 0 Å². The van der Waals surface area contributed by atoms with Crippen LogP contribution in [0, 0.1) is 12.8 Å². The maximum absolute atomic E-state index is 4.71. The maximum atomic E-state index is 4.71. The molecule has 2 unspecified atom stereocenters. The van der Waals surface area contributed by atoms with E-state index in [-0.39, 0.29) is 5.41 Å². The number of rotatable bonds is 4. The Labute approximate surface area is 279 Å². The SMILES string of the molecule is CC1CC(c2ccccc2)=CC=C1N1CC2(C=CC=CCC2)c2ccccc21.Cc1cc(-c2ccccc2)nc(-c2ccccn2)c1. The number of aryl methyl sites for hydroxylation is 1. The average molecular weight is 612 g/mol. The number of aromatic nitrogens is 2. The molecule has 2 aliphatic carbocycles. The lowest BCUT2D eigenvalue weighted by Crippen LogP contribution is -2.33. The molecule has 2 aromatic heterocycles. The highest BCUT2D eigenvalue weighted by molar-refractivity contribution is 5.73. The Kier molecular flexibility index (Phi) is 8.79. The molecule has 0 bridgehead atoms. The van der Waals surface area contributed by atoms with Crippen LogP contribution in [0.5, 0.6) is 0 Å². The molecule has 3 nitrogen and oxygen atoms in total. The van der Waals surface area contributed by atoms with E-state index in [1.807, 2.05) is 36.4 Å². The molecule has 5 aromatic rings. The van der Waals surface area contributed by atoms with Gasteiger partial charge in [0.15, 0.2) is 0 Å². The Morgan fingerprint density at radius 1 is 0.723 bits per heavy atom. The molecule has 0 N–H and O–H groups in total. The van der Waals surface area contributed by atoms with Crippen LogP contribution in [0.2, 0.25) is 0 Å². The summed E-state index contributed by atoms with van der Waals surface area (Å²) in [6, 6.07) is 40.1. The summed E-state index contributed by atoms with van der Waals surface area (Å²) < 4.78 is 0. The van der Waals surface area contributed by atoms with Crippen LogP contribution in [0.4, 0.5) is 5.69 Å². The van der Waals surface area contributed by atoms with Gasteiger partial charge in [0, 0.05) is 41.0 Å². The van der Waals surface area contributed by atoms with Crippen molar-refractivity contribution in [2.75, 3.05) is 11.4 Å². The molecule has 2 atom stereocenters. The predicted molar refractivity (Wildman–Crippen MR) is 197 cm³/mol. The number of hydrogen-bond acceptors (Lipinski definition) is 3. The smallest absolute Gasteiger partial charge is 0.0896 e. The van der Waals surface area contributed by atoms with Gasteiger partial charge in [0.25, 0.3) is 0 Å². The summed E-state index contributed by atoms with van der Waals surface area (Å²) in [5, 5.41) is 0. The van der Waals surface area contributed by atoms with Crippen LogP contribution in [0.3, 0.4) is 0 Å². The van der Waals surface area contributed by atoms with Crippen molar-refractivity contribution in [2.45, 2.75) is 38.5 Å². The third-order valence-electron chi connectivity index (χ3n) is 9.50. The molecule has 8 rings (SSSR count). The number of nitrogens with zero attached hydrogens (tertiary/aromatic N) is 3. The third kappa shape index (κ3) is 6.53. The molecule has 0 radical (unpaired) electrons. The summed E-state index contributed by atoms with van der Waals surface area (Å²) in [5.74, 6) is 0.510. The van der Waals surface area contributed by atoms with Gasteiger partial charge in [-0.25, -0.2) is 4.98 Å². The van der Waals surface area contributed by atoms with Gasteiger partial charge in [-0.15, -0.1) is 0 Å². The summed E-state index contributed by atoms with van der Waals surface area (Å²) in [6.45, 7) is 5.51. The first-order chi connectivity index (χ1) is 23.1. The first-order valence-electron chi connectivity index (χ1n) is 16.7. The summed E-state index contributed by atoms with van der Waals surface area (Å²) >= 11 is 0. The minimum atomic E-state index is 0.129. The van der Waals surface area contributed by atoms with Crippen molar-refractivity contribution < 1.29 is 0 Å². The second-order valence-corrected chi connectivity index (χ2v) is 12.8. The van der Waals surface area contributed by atoms with E-state index in [1.165, 1.54) is 40.1 Å². The lowest BCUT2D eigenvalue weighted by molar-refractivity contribution is 0.518. The number of para-hydroxylation sites is 1. The van der Waals surface area contributed by atoms with E-state index in [9.17, 15) is 0 Å². The third-order valence-corrected chi connectivity index (χ3v) is 9.50. The molecule has 232 valence electrons. The van der Waals surface area contributed by atoms with Crippen molar-refractivity contribution in [3.05, 3.63) is 180 Å². The number of pyridine rings is 2. The van der Waals surface area contributed by atoms with Gasteiger partial charge in [-0.2, -0.15) is 0 Å². The molecule has 0 fully saturated rings. The molecule has 0 saturated carbocycles. The molecule has 0 amide bonds. The van der Waals surface area contributed by atoms with Crippen molar-refractivity contribution in [3.63, 3.8) is 0 Å². The minimum Gasteiger partial charge on any atom is -0.343 e. The van der Waals surface area contributed by atoms with E-state index < -0.39 is 0 Å². The predicted octanol–water partition coefficient (Wildman–Crippen LogP) is 10.8. The average Bonchev–Trinajstić information content (AvgIpc) is 3.25. The molecule has 1 aliphatic heterocycles. The first kappa shape index (κ1) is 30.4. The van der Waals surface area contributed by atoms with Gasteiger partial charge in [-0.3, -0.25) is 4.98 Å². The van der Waals surface area contributed by atoms with Gasteiger partial charge in [-0.05, 0) is 84.9 Å². The van der Waals surface area contributed by atoms with E-state index in [0.717, 1.165) is 42.0 Å². The van der Waals surface area contributed by atoms with Crippen molar-refractivity contribution >= 4 is 11.3 Å². The molecular formula is C44H41N3. The summed E-state index contributed by atoms with van der Waals surface area (Å²) in [4.78, 5) is 11.7. The van der Waals surface area contributed by atoms with Crippen LogP contribution in [-0.2, 0) is 5.41 Å². The van der Waals surface area contributed by atoms with Crippen molar-refractivity contribution in [3.8, 4) is 22.6 Å². The second kappa shape index (κ2) is 13.6. The summed E-state index contributed by atoms with van der Waals surface area (Å²) in [7, 11) is 0. The fourth-order valence-electron chi connectivity index (χ4n) is 7.15. The lowest BCUT2D eigenvalue weighted by Gasteiger charge is -2.33. The van der Waals surface area contributed by atoms with E-state index >= 15 is 0 Å². The quantitative estimate of drug-likeness (QED) is 0.202. The van der Waals surface area contributed by atoms with Gasteiger partial charge < -0.3 is 4.90 Å². The molecule has 3 aliphatic rings. The van der Waals surface area contributed by atoms with Crippen LogP contribution < -0.4 is 4.90 Å².